The molecule has 0 bridgehead atoms. The summed E-state index contributed by atoms with van der Waals surface area (Å²) in [5, 5.41) is 10.8. The highest BCUT2D eigenvalue weighted by Crippen LogP contribution is 2.30. The monoisotopic (exact) mass is 433 g/mol. The quantitative estimate of drug-likeness (QED) is 0.380. The lowest BCUT2D eigenvalue weighted by Gasteiger charge is -2.12. The maximum atomic E-state index is 12.7. The van der Waals surface area contributed by atoms with E-state index in [0.29, 0.717) is 18.1 Å². The zero-order valence-electron chi connectivity index (χ0n) is 13.3. The first-order valence-electron chi connectivity index (χ1n) is 7.65. The van der Waals surface area contributed by atoms with Gasteiger partial charge in [0, 0.05) is 15.9 Å². The van der Waals surface area contributed by atoms with Crippen molar-refractivity contribution in [1.29, 1.82) is 0 Å². The molecule has 128 valence electrons. The van der Waals surface area contributed by atoms with Crippen LogP contribution in [0.4, 0.5) is 0 Å². The second-order valence-corrected chi connectivity index (χ2v) is 8.38. The molecule has 0 radical (unpaired) electrons. The summed E-state index contributed by atoms with van der Waals surface area (Å²) in [6.45, 7) is 4.17. The van der Waals surface area contributed by atoms with Crippen molar-refractivity contribution < 1.29 is 4.79 Å². The summed E-state index contributed by atoms with van der Waals surface area (Å²) in [5.41, 5.74) is 1.12. The predicted molar refractivity (Wildman–Crippen MR) is 110 cm³/mol. The van der Waals surface area contributed by atoms with Gasteiger partial charge in [-0.05, 0) is 35.6 Å². The molecule has 1 atom stereocenters. The summed E-state index contributed by atoms with van der Waals surface area (Å²) >= 11 is 6.48. The number of rotatable bonds is 6. The van der Waals surface area contributed by atoms with E-state index in [0.717, 1.165) is 14.9 Å². The third-order valence-electron chi connectivity index (χ3n) is 3.54. The molecule has 1 aliphatic heterocycles. The van der Waals surface area contributed by atoms with Crippen molar-refractivity contribution in [3.05, 3.63) is 69.3 Å². The summed E-state index contributed by atoms with van der Waals surface area (Å²) < 4.78 is 1.03. The zero-order chi connectivity index (χ0) is 17.6. The zero-order valence-corrected chi connectivity index (χ0v) is 16.6. The van der Waals surface area contributed by atoms with E-state index >= 15 is 0 Å². The fourth-order valence-corrected chi connectivity index (χ4v) is 4.34. The van der Waals surface area contributed by atoms with Gasteiger partial charge in [-0.25, -0.2) is 0 Å². The summed E-state index contributed by atoms with van der Waals surface area (Å²) in [4.78, 5) is 15.4. The lowest BCUT2D eigenvalue weighted by atomic mass is 10.1. The average Bonchev–Trinajstić information content (AvgIpc) is 3.21. The van der Waals surface area contributed by atoms with E-state index in [1.807, 2.05) is 41.8 Å². The fourth-order valence-electron chi connectivity index (χ4n) is 2.35. The molecular formula is C18H16BrN3OS2. The molecule has 0 N–H and O–H groups in total. The maximum absolute atomic E-state index is 12.7. The van der Waals surface area contributed by atoms with Crippen LogP contribution in [0.3, 0.4) is 0 Å². The standard InChI is InChI=1S/C18H16BrN3OS2/c1-2-9-22-17(23)16(11-13-5-7-14(19)8-6-13)25-18(22)21-20-12-15-4-3-10-24-15/h2-8,10,12,16H,1,9,11H2/b20-12+,21-18+. The van der Waals surface area contributed by atoms with Gasteiger partial charge in [0.15, 0.2) is 5.17 Å². The minimum Gasteiger partial charge on any atom is -0.285 e. The first kappa shape index (κ1) is 18.1. The molecule has 1 amide bonds. The molecule has 1 saturated heterocycles. The predicted octanol–water partition coefficient (Wildman–Crippen LogP) is 4.57. The van der Waals surface area contributed by atoms with Crippen molar-refractivity contribution in [3.8, 4) is 0 Å². The number of thioether (sulfide) groups is 1. The van der Waals surface area contributed by atoms with Crippen molar-refractivity contribution >= 4 is 56.3 Å². The molecule has 2 heterocycles. The molecule has 3 rings (SSSR count). The average molecular weight is 434 g/mol. The van der Waals surface area contributed by atoms with E-state index in [1.54, 1.807) is 28.5 Å². The number of thiophene rings is 1. The minimum absolute atomic E-state index is 0.0536. The lowest BCUT2D eigenvalue weighted by molar-refractivity contribution is -0.125. The molecular weight excluding hydrogens is 418 g/mol. The third kappa shape index (κ3) is 4.68. The largest absolute Gasteiger partial charge is 0.285 e. The van der Waals surface area contributed by atoms with Gasteiger partial charge in [-0.3, -0.25) is 9.69 Å². The Morgan fingerprint density at radius 1 is 1.28 bits per heavy atom. The van der Waals surface area contributed by atoms with E-state index in [4.69, 9.17) is 0 Å². The van der Waals surface area contributed by atoms with Crippen LogP contribution in [0.5, 0.6) is 0 Å². The van der Waals surface area contributed by atoms with Gasteiger partial charge < -0.3 is 0 Å². The Morgan fingerprint density at radius 3 is 2.76 bits per heavy atom. The molecule has 1 aromatic carbocycles. The van der Waals surface area contributed by atoms with E-state index < -0.39 is 0 Å². The Hall–Kier alpha value is -1.70. The lowest BCUT2D eigenvalue weighted by Crippen LogP contribution is -2.32. The Bertz CT molecular complexity index is 800. The van der Waals surface area contributed by atoms with Gasteiger partial charge in [0.2, 0.25) is 5.91 Å². The molecule has 1 aromatic heterocycles. The molecule has 25 heavy (non-hydrogen) atoms. The van der Waals surface area contributed by atoms with Crippen molar-refractivity contribution in [2.75, 3.05) is 6.54 Å². The molecule has 2 aromatic rings. The first-order valence-corrected chi connectivity index (χ1v) is 10.2. The second-order valence-electron chi connectivity index (χ2n) is 5.32. The van der Waals surface area contributed by atoms with Crippen LogP contribution < -0.4 is 0 Å². The van der Waals surface area contributed by atoms with E-state index in [-0.39, 0.29) is 11.2 Å². The van der Waals surface area contributed by atoms with Crippen LogP contribution in [0, 0.1) is 0 Å². The summed E-state index contributed by atoms with van der Waals surface area (Å²) in [5.74, 6) is 0.0536. The number of carbonyl (C=O) groups is 1. The molecule has 7 heteroatoms. The summed E-state index contributed by atoms with van der Waals surface area (Å²) in [7, 11) is 0. The second kappa shape index (κ2) is 8.60. The summed E-state index contributed by atoms with van der Waals surface area (Å²) in [6.07, 6.45) is 4.08. The van der Waals surface area contributed by atoms with Crippen LogP contribution in [-0.2, 0) is 11.2 Å². The van der Waals surface area contributed by atoms with Crippen LogP contribution in [0.1, 0.15) is 10.4 Å². The van der Waals surface area contributed by atoms with Crippen LogP contribution in [0.2, 0.25) is 0 Å². The molecule has 1 aliphatic rings. The number of carbonyl (C=O) groups excluding carboxylic acids is 1. The number of halogens is 1. The van der Waals surface area contributed by atoms with Crippen molar-refractivity contribution in [2.45, 2.75) is 11.7 Å². The van der Waals surface area contributed by atoms with E-state index in [9.17, 15) is 4.79 Å². The van der Waals surface area contributed by atoms with Crippen LogP contribution in [0.15, 0.2) is 69.1 Å². The molecule has 0 spiro atoms. The SMILES string of the molecule is C=CCN1C(=O)C(Cc2ccc(Br)cc2)S/C1=N/N=C/c1cccs1. The minimum atomic E-state index is -0.184. The highest BCUT2D eigenvalue weighted by Gasteiger charge is 2.37. The smallest absolute Gasteiger partial charge is 0.242 e. The topological polar surface area (TPSA) is 45.0 Å². The van der Waals surface area contributed by atoms with Crippen molar-refractivity contribution in [1.82, 2.24) is 4.90 Å². The van der Waals surface area contributed by atoms with Crippen molar-refractivity contribution in [2.24, 2.45) is 10.2 Å². The Labute approximate surface area is 163 Å². The summed E-state index contributed by atoms with van der Waals surface area (Å²) in [6, 6.07) is 12.0. The molecule has 1 unspecified atom stereocenters. The molecule has 0 saturated carbocycles. The van der Waals surface area contributed by atoms with Gasteiger partial charge in [0.05, 0.1) is 11.5 Å². The molecule has 1 fully saturated rings. The normalized spacial score (nSPS) is 19.2. The number of hydrogen-bond donors (Lipinski definition) is 0. The first-order chi connectivity index (χ1) is 12.2. The molecule has 4 nitrogen and oxygen atoms in total. The van der Waals surface area contributed by atoms with E-state index in [1.165, 1.54) is 11.8 Å². The van der Waals surface area contributed by atoms with Gasteiger partial charge in [0.25, 0.3) is 0 Å². The maximum Gasteiger partial charge on any atom is 0.242 e. The van der Waals surface area contributed by atoms with Gasteiger partial charge in [-0.2, -0.15) is 5.10 Å². The third-order valence-corrected chi connectivity index (χ3v) is 6.04. The highest BCUT2D eigenvalue weighted by atomic mass is 79.9. The van der Waals surface area contributed by atoms with Crippen LogP contribution in [-0.4, -0.2) is 34.0 Å². The highest BCUT2D eigenvalue weighted by molar-refractivity contribution is 9.10. The van der Waals surface area contributed by atoms with E-state index in [2.05, 4.69) is 32.7 Å². The number of amides is 1. The van der Waals surface area contributed by atoms with Gasteiger partial charge in [-0.15, -0.1) is 23.0 Å². The van der Waals surface area contributed by atoms with Crippen LogP contribution in [0.25, 0.3) is 0 Å². The number of amidine groups is 1. The number of hydrogen-bond acceptors (Lipinski definition) is 5. The van der Waals surface area contributed by atoms with Gasteiger partial charge in [-0.1, -0.05) is 52.0 Å². The van der Waals surface area contributed by atoms with Crippen molar-refractivity contribution in [3.63, 3.8) is 0 Å². The Kier molecular flexibility index (Phi) is 6.23. The Balaban J connectivity index is 1.74. The van der Waals surface area contributed by atoms with Gasteiger partial charge in [0.1, 0.15) is 0 Å². The van der Waals surface area contributed by atoms with Crippen LogP contribution >= 0.6 is 39.0 Å². The molecule has 0 aliphatic carbocycles. The Morgan fingerprint density at radius 2 is 2.08 bits per heavy atom. The number of benzene rings is 1. The van der Waals surface area contributed by atoms with Gasteiger partial charge >= 0.3 is 0 Å². The fraction of sp³-hybridized carbons (Fsp3) is 0.167. The number of nitrogens with zero attached hydrogens (tertiary/aromatic N) is 3.